The number of anilines is 1. The number of rotatable bonds is 5. The van der Waals surface area contributed by atoms with E-state index in [2.05, 4.69) is 10.6 Å². The van der Waals surface area contributed by atoms with Crippen LogP contribution in [0.15, 0.2) is 36.4 Å². The maximum atomic E-state index is 13.8. The van der Waals surface area contributed by atoms with Gasteiger partial charge < -0.3 is 20.1 Å². The van der Waals surface area contributed by atoms with Crippen LogP contribution in [0.3, 0.4) is 0 Å². The molecular weight excluding hydrogens is 378 g/mol. The van der Waals surface area contributed by atoms with Crippen LogP contribution in [0.5, 0.6) is 11.5 Å². The molecule has 2 aliphatic rings. The Hall–Kier alpha value is -2.67. The number of amides is 1. The van der Waals surface area contributed by atoms with E-state index >= 15 is 0 Å². The van der Waals surface area contributed by atoms with E-state index in [1.807, 2.05) is 0 Å². The molecule has 2 aromatic rings. The minimum Gasteiger partial charge on any atom is -0.448 e. The van der Waals surface area contributed by atoms with E-state index in [1.165, 1.54) is 18.6 Å². The Morgan fingerprint density at radius 2 is 1.83 bits per heavy atom. The Balaban J connectivity index is 1.33. The highest BCUT2D eigenvalue weighted by atomic mass is 19.1. The first-order valence-corrected chi connectivity index (χ1v) is 9.94. The van der Waals surface area contributed by atoms with Gasteiger partial charge in [-0.25, -0.2) is 8.78 Å². The molecule has 29 heavy (non-hydrogen) atoms. The summed E-state index contributed by atoms with van der Waals surface area (Å²) in [4.78, 5) is 12.3. The number of benzene rings is 2. The first kappa shape index (κ1) is 19.6. The maximum Gasteiger partial charge on any atom is 0.251 e. The van der Waals surface area contributed by atoms with Gasteiger partial charge in [-0.3, -0.25) is 4.79 Å². The van der Waals surface area contributed by atoms with Crippen LogP contribution in [-0.2, 0) is 4.79 Å². The van der Waals surface area contributed by atoms with Gasteiger partial charge in [-0.15, -0.1) is 0 Å². The fourth-order valence-electron chi connectivity index (χ4n) is 3.88. The molecule has 1 aliphatic heterocycles. The fraction of sp³-hybridized carbons (Fsp3) is 0.409. The molecule has 2 N–H and O–H groups in total. The Bertz CT molecular complexity index is 913. The van der Waals surface area contributed by atoms with Crippen molar-refractivity contribution in [3.8, 4) is 11.5 Å². The molecule has 7 heteroatoms. The third-order valence-corrected chi connectivity index (χ3v) is 5.43. The van der Waals surface area contributed by atoms with Crippen LogP contribution in [0.2, 0.25) is 0 Å². The highest BCUT2D eigenvalue weighted by Crippen LogP contribution is 2.46. The second kappa shape index (κ2) is 7.99. The zero-order valence-electron chi connectivity index (χ0n) is 16.3. The van der Waals surface area contributed by atoms with Crippen LogP contribution in [0.25, 0.3) is 0 Å². The van der Waals surface area contributed by atoms with E-state index in [9.17, 15) is 13.6 Å². The molecule has 1 saturated carbocycles. The normalized spacial score (nSPS) is 17.9. The second-order valence-electron chi connectivity index (χ2n) is 7.65. The van der Waals surface area contributed by atoms with Crippen LogP contribution in [0.4, 0.5) is 14.5 Å². The zero-order chi connectivity index (χ0) is 20.4. The summed E-state index contributed by atoms with van der Waals surface area (Å²) in [7, 11) is 0. The molecule has 1 aliphatic carbocycles. The van der Waals surface area contributed by atoms with E-state index in [1.54, 1.807) is 25.1 Å². The van der Waals surface area contributed by atoms with Gasteiger partial charge in [0.2, 0.25) is 5.91 Å². The third kappa shape index (κ3) is 4.34. The largest absolute Gasteiger partial charge is 0.448 e. The Morgan fingerprint density at radius 1 is 1.07 bits per heavy atom. The van der Waals surface area contributed by atoms with Crippen LogP contribution >= 0.6 is 0 Å². The number of fused-ring (bicyclic) bond motifs is 1. The summed E-state index contributed by atoms with van der Waals surface area (Å²) >= 11 is 0. The molecular formula is C22H24F2N2O3. The summed E-state index contributed by atoms with van der Waals surface area (Å²) in [6.45, 7) is 1.70. The van der Waals surface area contributed by atoms with Gasteiger partial charge in [-0.05, 0) is 38.0 Å². The van der Waals surface area contributed by atoms with E-state index in [-0.39, 0.29) is 12.5 Å². The fourth-order valence-corrected chi connectivity index (χ4v) is 3.88. The van der Waals surface area contributed by atoms with Crippen LogP contribution in [-0.4, -0.2) is 18.2 Å². The van der Waals surface area contributed by atoms with E-state index in [0.29, 0.717) is 22.7 Å². The SMILES string of the molecule is CC(NCC(=O)Nc1ccc2c(c1)OC1(CCCCC1)O2)c1ccc(F)cc1F. The quantitative estimate of drug-likeness (QED) is 0.762. The number of hydrogen-bond donors (Lipinski definition) is 2. The third-order valence-electron chi connectivity index (χ3n) is 5.43. The second-order valence-corrected chi connectivity index (χ2v) is 7.65. The topological polar surface area (TPSA) is 59.6 Å². The minimum absolute atomic E-state index is 0.0175. The molecule has 1 atom stereocenters. The van der Waals surface area contributed by atoms with Gasteiger partial charge in [0.25, 0.3) is 5.79 Å². The summed E-state index contributed by atoms with van der Waals surface area (Å²) < 4.78 is 39.0. The van der Waals surface area contributed by atoms with Crippen LogP contribution < -0.4 is 20.1 Å². The lowest BCUT2D eigenvalue weighted by molar-refractivity contribution is -0.115. The molecule has 0 aromatic heterocycles. The van der Waals surface area contributed by atoms with Crippen molar-refractivity contribution >= 4 is 11.6 Å². The first-order chi connectivity index (χ1) is 13.9. The molecule has 1 spiro atoms. The molecule has 4 rings (SSSR count). The van der Waals surface area contributed by atoms with Crippen molar-refractivity contribution in [3.63, 3.8) is 0 Å². The number of nitrogens with one attached hydrogen (secondary N) is 2. The number of carbonyl (C=O) groups excluding carboxylic acids is 1. The Morgan fingerprint density at radius 3 is 2.59 bits per heavy atom. The molecule has 1 fully saturated rings. The van der Waals surface area contributed by atoms with Crippen molar-refractivity contribution in [1.29, 1.82) is 0 Å². The predicted octanol–water partition coefficient (Wildman–Crippen LogP) is 4.69. The molecule has 1 unspecified atom stereocenters. The van der Waals surface area contributed by atoms with Crippen molar-refractivity contribution in [2.45, 2.75) is 50.9 Å². The van der Waals surface area contributed by atoms with E-state index in [0.717, 1.165) is 31.7 Å². The van der Waals surface area contributed by atoms with Gasteiger partial charge in [-0.2, -0.15) is 0 Å². The van der Waals surface area contributed by atoms with Crippen molar-refractivity contribution in [2.24, 2.45) is 0 Å². The zero-order valence-corrected chi connectivity index (χ0v) is 16.3. The monoisotopic (exact) mass is 402 g/mol. The lowest BCUT2D eigenvalue weighted by Crippen LogP contribution is -2.40. The van der Waals surface area contributed by atoms with Gasteiger partial charge in [0.1, 0.15) is 11.6 Å². The summed E-state index contributed by atoms with van der Waals surface area (Å²) in [5.41, 5.74) is 0.910. The number of halogens is 2. The average molecular weight is 402 g/mol. The Kier molecular flexibility index (Phi) is 5.41. The van der Waals surface area contributed by atoms with Crippen LogP contribution in [0, 0.1) is 11.6 Å². The lowest BCUT2D eigenvalue weighted by atomic mass is 9.94. The van der Waals surface area contributed by atoms with Gasteiger partial charge in [0.15, 0.2) is 11.5 Å². The lowest BCUT2D eigenvalue weighted by Gasteiger charge is -2.31. The molecule has 154 valence electrons. The van der Waals surface area contributed by atoms with E-state index in [4.69, 9.17) is 9.47 Å². The highest BCUT2D eigenvalue weighted by Gasteiger charge is 2.42. The summed E-state index contributed by atoms with van der Waals surface area (Å²) in [5, 5.41) is 5.75. The van der Waals surface area contributed by atoms with Gasteiger partial charge in [0.05, 0.1) is 6.54 Å². The minimum atomic E-state index is -0.641. The van der Waals surface area contributed by atoms with Gasteiger partial charge >= 0.3 is 0 Å². The molecule has 5 nitrogen and oxygen atoms in total. The van der Waals surface area contributed by atoms with Crippen molar-refractivity contribution in [1.82, 2.24) is 5.32 Å². The number of carbonyl (C=O) groups is 1. The summed E-state index contributed by atoms with van der Waals surface area (Å²) in [5.74, 6) is -0.764. The van der Waals surface area contributed by atoms with Crippen molar-refractivity contribution < 1.29 is 23.0 Å². The summed E-state index contributed by atoms with van der Waals surface area (Å²) in [6.07, 6.45) is 5.09. The van der Waals surface area contributed by atoms with Gasteiger partial charge in [-0.1, -0.05) is 12.5 Å². The maximum absolute atomic E-state index is 13.8. The van der Waals surface area contributed by atoms with Crippen molar-refractivity contribution in [3.05, 3.63) is 53.6 Å². The molecule has 1 amide bonds. The Labute approximate surface area is 168 Å². The predicted molar refractivity (Wildman–Crippen MR) is 105 cm³/mol. The molecule has 0 radical (unpaired) electrons. The molecule has 0 saturated heterocycles. The molecule has 1 heterocycles. The van der Waals surface area contributed by atoms with E-state index < -0.39 is 23.5 Å². The van der Waals surface area contributed by atoms with Crippen LogP contribution in [0.1, 0.15) is 50.6 Å². The van der Waals surface area contributed by atoms with Crippen molar-refractivity contribution in [2.75, 3.05) is 11.9 Å². The number of ether oxygens (including phenoxy) is 2. The first-order valence-electron chi connectivity index (χ1n) is 9.94. The number of hydrogen-bond acceptors (Lipinski definition) is 4. The van der Waals surface area contributed by atoms with Gasteiger partial charge in [0, 0.05) is 42.3 Å². The molecule has 0 bridgehead atoms. The average Bonchev–Trinajstić information content (AvgIpc) is 3.03. The smallest absolute Gasteiger partial charge is 0.251 e. The molecule has 2 aromatic carbocycles. The standard InChI is InChI=1S/C22H24F2N2O3/c1-14(17-7-5-15(23)11-18(17)24)25-13-21(27)26-16-6-8-19-20(12-16)29-22(28-19)9-3-2-4-10-22/h5-8,11-12,14,25H,2-4,9-10,13H2,1H3,(H,26,27). The highest BCUT2D eigenvalue weighted by molar-refractivity contribution is 5.92. The summed E-state index contributed by atoms with van der Waals surface area (Å²) in [6, 6.07) is 8.30.